The number of imidazole rings is 1. The molecule has 1 N–H and O–H groups in total. The van der Waals surface area contributed by atoms with Gasteiger partial charge in [-0.05, 0) is 18.1 Å². The Bertz CT molecular complexity index is 530. The summed E-state index contributed by atoms with van der Waals surface area (Å²) in [7, 11) is 0. The van der Waals surface area contributed by atoms with E-state index in [0.29, 0.717) is 11.4 Å². The van der Waals surface area contributed by atoms with Crippen molar-refractivity contribution < 1.29 is 5.11 Å². The summed E-state index contributed by atoms with van der Waals surface area (Å²) in [6, 6.07) is 7.58. The van der Waals surface area contributed by atoms with Crippen molar-refractivity contribution in [3.8, 4) is 0 Å². The van der Waals surface area contributed by atoms with Crippen molar-refractivity contribution in [2.45, 2.75) is 31.1 Å². The van der Waals surface area contributed by atoms with Crippen LogP contribution in [0.2, 0.25) is 5.02 Å². The van der Waals surface area contributed by atoms with Crippen molar-refractivity contribution in [3.05, 3.63) is 47.2 Å². The number of aliphatic hydroxyl groups excluding tert-OH is 1. The number of halogens is 1. The van der Waals surface area contributed by atoms with Gasteiger partial charge in [-0.25, -0.2) is 4.98 Å². The Labute approximate surface area is 122 Å². The molecule has 2 rings (SSSR count). The maximum Gasteiger partial charge on any atom is 0.170 e. The molecule has 1 atom stereocenters. The molecule has 19 heavy (non-hydrogen) atoms. The molecule has 102 valence electrons. The van der Waals surface area contributed by atoms with Gasteiger partial charge in [0.05, 0.1) is 0 Å². The number of hydrogen-bond donors (Lipinski definition) is 1. The first-order valence-corrected chi connectivity index (χ1v) is 7.65. The van der Waals surface area contributed by atoms with Gasteiger partial charge >= 0.3 is 0 Å². The lowest BCUT2D eigenvalue weighted by molar-refractivity contribution is 0.0953. The van der Waals surface area contributed by atoms with Crippen LogP contribution in [-0.2, 0) is 6.42 Å². The predicted octanol–water partition coefficient (Wildman–Crippen LogP) is 3.77. The molecule has 0 fully saturated rings. The summed E-state index contributed by atoms with van der Waals surface area (Å²) in [5.41, 5.74) is 0.941. The minimum absolute atomic E-state index is 0.482. The predicted molar refractivity (Wildman–Crippen MR) is 79.7 cm³/mol. The molecule has 1 unspecified atom stereocenters. The quantitative estimate of drug-likeness (QED) is 0.825. The van der Waals surface area contributed by atoms with Crippen LogP contribution in [0.25, 0.3) is 0 Å². The van der Waals surface area contributed by atoms with Gasteiger partial charge in [0.25, 0.3) is 0 Å². The first-order valence-electron chi connectivity index (χ1n) is 6.29. The summed E-state index contributed by atoms with van der Waals surface area (Å²) in [4.78, 5) is 4.27. The molecule has 0 aliphatic rings. The van der Waals surface area contributed by atoms with Gasteiger partial charge in [-0.2, -0.15) is 0 Å². The molecule has 3 nitrogen and oxygen atoms in total. The van der Waals surface area contributed by atoms with E-state index in [2.05, 4.69) is 11.9 Å². The third-order valence-corrected chi connectivity index (χ3v) is 4.31. The average Bonchev–Trinajstić information content (AvgIpc) is 2.87. The third-order valence-electron chi connectivity index (χ3n) is 2.75. The topological polar surface area (TPSA) is 38.0 Å². The van der Waals surface area contributed by atoms with Gasteiger partial charge in [-0.15, -0.1) is 0 Å². The first-order chi connectivity index (χ1) is 9.22. The lowest BCUT2D eigenvalue weighted by Gasteiger charge is -2.15. The number of aliphatic hydroxyl groups is 1. The van der Waals surface area contributed by atoms with Gasteiger partial charge in [0, 0.05) is 29.6 Å². The Hall–Kier alpha value is -0.970. The molecule has 0 aliphatic heterocycles. The fourth-order valence-corrected chi connectivity index (χ4v) is 2.86. The van der Waals surface area contributed by atoms with Crippen LogP contribution in [0.5, 0.6) is 0 Å². The summed E-state index contributed by atoms with van der Waals surface area (Å²) in [5, 5.41) is 11.9. The van der Waals surface area contributed by atoms with Crippen molar-refractivity contribution in [1.29, 1.82) is 0 Å². The summed E-state index contributed by atoms with van der Waals surface area (Å²) < 4.78 is 1.80. The Morgan fingerprint density at radius 2 is 2.21 bits per heavy atom. The van der Waals surface area contributed by atoms with Crippen LogP contribution >= 0.6 is 23.4 Å². The highest BCUT2D eigenvalue weighted by Crippen LogP contribution is 2.24. The second-order valence-electron chi connectivity index (χ2n) is 4.24. The van der Waals surface area contributed by atoms with Gasteiger partial charge < -0.3 is 5.11 Å². The van der Waals surface area contributed by atoms with E-state index in [0.717, 1.165) is 22.9 Å². The van der Waals surface area contributed by atoms with E-state index in [4.69, 9.17) is 11.6 Å². The molecule has 1 aromatic heterocycles. The summed E-state index contributed by atoms with van der Waals surface area (Å²) in [6.45, 7) is 2.13. The Balaban J connectivity index is 2.10. The maximum absolute atomic E-state index is 10.3. The number of aromatic nitrogens is 2. The molecule has 1 aromatic carbocycles. The van der Waals surface area contributed by atoms with Gasteiger partial charge in [0.2, 0.25) is 0 Å². The van der Waals surface area contributed by atoms with Gasteiger partial charge in [-0.1, -0.05) is 48.5 Å². The Morgan fingerprint density at radius 3 is 2.95 bits per heavy atom. The van der Waals surface area contributed by atoms with Crippen LogP contribution in [-0.4, -0.2) is 20.4 Å². The molecule has 1 heterocycles. The van der Waals surface area contributed by atoms with E-state index in [-0.39, 0.29) is 0 Å². The number of hydrogen-bond acceptors (Lipinski definition) is 3. The van der Waals surface area contributed by atoms with E-state index in [1.54, 1.807) is 28.7 Å². The molecular formula is C14H17ClN2OS. The van der Waals surface area contributed by atoms with Crippen molar-refractivity contribution in [1.82, 2.24) is 9.55 Å². The second kappa shape index (κ2) is 6.98. The van der Waals surface area contributed by atoms with Gasteiger partial charge in [0.1, 0.15) is 6.23 Å². The van der Waals surface area contributed by atoms with Crippen LogP contribution in [0, 0.1) is 0 Å². The maximum atomic E-state index is 10.3. The fraction of sp³-hybridized carbons (Fsp3) is 0.357. The standard InChI is InChI=1S/C14H17ClN2OS/c1-2-9-19-14-16-7-8-17(14)13(18)10-11-5-3-4-6-12(11)15/h3-8,13,18H,2,9-10H2,1H3. The van der Waals surface area contributed by atoms with E-state index in [9.17, 15) is 5.11 Å². The van der Waals surface area contributed by atoms with E-state index >= 15 is 0 Å². The highest BCUT2D eigenvalue weighted by Gasteiger charge is 2.13. The zero-order valence-corrected chi connectivity index (χ0v) is 12.4. The number of benzene rings is 1. The minimum atomic E-state index is -0.637. The van der Waals surface area contributed by atoms with Crippen molar-refractivity contribution in [2.75, 3.05) is 5.75 Å². The third kappa shape index (κ3) is 3.75. The molecule has 0 bridgehead atoms. The molecule has 0 aliphatic carbocycles. The smallest absolute Gasteiger partial charge is 0.170 e. The molecule has 0 spiro atoms. The largest absolute Gasteiger partial charge is 0.373 e. The summed E-state index contributed by atoms with van der Waals surface area (Å²) >= 11 is 7.77. The average molecular weight is 297 g/mol. The van der Waals surface area contributed by atoms with Crippen LogP contribution in [0.4, 0.5) is 0 Å². The van der Waals surface area contributed by atoms with Crippen molar-refractivity contribution in [2.24, 2.45) is 0 Å². The van der Waals surface area contributed by atoms with Gasteiger partial charge in [-0.3, -0.25) is 4.57 Å². The van der Waals surface area contributed by atoms with Crippen LogP contribution in [0.3, 0.4) is 0 Å². The molecule has 0 radical (unpaired) electrons. The molecule has 0 saturated heterocycles. The van der Waals surface area contributed by atoms with Crippen LogP contribution in [0.15, 0.2) is 41.8 Å². The van der Waals surface area contributed by atoms with Crippen LogP contribution in [0.1, 0.15) is 25.1 Å². The summed E-state index contributed by atoms with van der Waals surface area (Å²) in [6.07, 6.45) is 4.45. The Morgan fingerprint density at radius 1 is 1.42 bits per heavy atom. The fourth-order valence-electron chi connectivity index (χ4n) is 1.79. The van der Waals surface area contributed by atoms with Crippen LogP contribution < -0.4 is 0 Å². The molecule has 0 amide bonds. The first kappa shape index (κ1) is 14.4. The molecule has 2 aromatic rings. The number of nitrogens with zero attached hydrogens (tertiary/aromatic N) is 2. The molecular weight excluding hydrogens is 280 g/mol. The zero-order chi connectivity index (χ0) is 13.7. The number of thioether (sulfide) groups is 1. The SMILES string of the molecule is CCCSc1nccn1C(O)Cc1ccccc1Cl. The zero-order valence-electron chi connectivity index (χ0n) is 10.8. The van der Waals surface area contributed by atoms with E-state index in [1.807, 2.05) is 24.3 Å². The lowest BCUT2D eigenvalue weighted by Crippen LogP contribution is -2.11. The molecule has 5 heteroatoms. The van der Waals surface area contributed by atoms with E-state index in [1.165, 1.54) is 0 Å². The van der Waals surface area contributed by atoms with Crippen molar-refractivity contribution >= 4 is 23.4 Å². The van der Waals surface area contributed by atoms with Gasteiger partial charge in [0.15, 0.2) is 5.16 Å². The normalized spacial score (nSPS) is 12.6. The second-order valence-corrected chi connectivity index (χ2v) is 5.71. The summed E-state index contributed by atoms with van der Waals surface area (Å²) in [5.74, 6) is 0.996. The van der Waals surface area contributed by atoms with Crippen molar-refractivity contribution in [3.63, 3.8) is 0 Å². The van der Waals surface area contributed by atoms with E-state index < -0.39 is 6.23 Å². The Kier molecular flexibility index (Phi) is 5.31. The highest BCUT2D eigenvalue weighted by molar-refractivity contribution is 7.99. The number of rotatable bonds is 6. The highest BCUT2D eigenvalue weighted by atomic mass is 35.5. The lowest BCUT2D eigenvalue weighted by atomic mass is 10.1. The monoisotopic (exact) mass is 296 g/mol. The molecule has 0 saturated carbocycles. The minimum Gasteiger partial charge on any atom is -0.373 e.